The minimum absolute atomic E-state index is 0.231. The minimum atomic E-state index is -0.429. The number of nitrogens with one attached hydrogen (secondary N) is 1. The van der Waals surface area contributed by atoms with E-state index in [1.54, 1.807) is 47.4 Å². The maximum Gasteiger partial charge on any atom is 0.337 e. The van der Waals surface area contributed by atoms with Crippen LogP contribution in [-0.4, -0.2) is 24.0 Å². The quantitative estimate of drug-likeness (QED) is 0.616. The standard InChI is InChI=1S/C20H18N2O3S2/c1-12-10-16(27-20-21-13(2)11-26-20)8-9-17(12)22-18(23)14-4-6-15(7-5-14)19(24)25-3/h4-11H,1-3H3,(H,22,23). The molecule has 1 amide bonds. The van der Waals surface area contributed by atoms with Crippen LogP contribution in [0.5, 0.6) is 0 Å². The SMILES string of the molecule is COC(=O)c1ccc(C(=O)Nc2ccc(Sc3nc(C)cs3)cc2C)cc1. The number of thiazole rings is 1. The number of rotatable bonds is 5. The van der Waals surface area contributed by atoms with Crippen molar-refractivity contribution in [1.82, 2.24) is 4.98 Å². The molecule has 5 nitrogen and oxygen atoms in total. The highest BCUT2D eigenvalue weighted by Gasteiger charge is 2.11. The summed E-state index contributed by atoms with van der Waals surface area (Å²) < 4.78 is 5.65. The van der Waals surface area contributed by atoms with Crippen molar-refractivity contribution in [2.45, 2.75) is 23.1 Å². The van der Waals surface area contributed by atoms with Crippen LogP contribution in [0, 0.1) is 13.8 Å². The molecular formula is C20H18N2O3S2. The van der Waals surface area contributed by atoms with Gasteiger partial charge in [0.1, 0.15) is 0 Å². The number of hydrogen-bond acceptors (Lipinski definition) is 6. The molecule has 0 aliphatic rings. The Hall–Kier alpha value is -2.64. The molecule has 0 saturated carbocycles. The molecular weight excluding hydrogens is 380 g/mol. The fourth-order valence-corrected chi connectivity index (χ4v) is 4.30. The monoisotopic (exact) mass is 398 g/mol. The van der Waals surface area contributed by atoms with Crippen molar-refractivity contribution in [3.8, 4) is 0 Å². The van der Waals surface area contributed by atoms with Gasteiger partial charge in [0.2, 0.25) is 0 Å². The van der Waals surface area contributed by atoms with Crippen molar-refractivity contribution in [3.05, 3.63) is 70.2 Å². The predicted molar refractivity (Wildman–Crippen MR) is 108 cm³/mol. The number of ether oxygens (including phenoxy) is 1. The van der Waals surface area contributed by atoms with Crippen LogP contribution in [0.3, 0.4) is 0 Å². The van der Waals surface area contributed by atoms with E-state index in [0.29, 0.717) is 11.1 Å². The van der Waals surface area contributed by atoms with Crippen LogP contribution in [0.15, 0.2) is 57.1 Å². The van der Waals surface area contributed by atoms with E-state index in [1.165, 1.54) is 7.11 Å². The van der Waals surface area contributed by atoms with E-state index in [-0.39, 0.29) is 5.91 Å². The van der Waals surface area contributed by atoms with Crippen LogP contribution in [0.2, 0.25) is 0 Å². The number of methoxy groups -OCH3 is 1. The van der Waals surface area contributed by atoms with Crippen LogP contribution in [0.25, 0.3) is 0 Å². The van der Waals surface area contributed by atoms with Gasteiger partial charge in [-0.2, -0.15) is 0 Å². The van der Waals surface area contributed by atoms with Crippen LogP contribution in [0.4, 0.5) is 5.69 Å². The van der Waals surface area contributed by atoms with Gasteiger partial charge in [0.25, 0.3) is 5.91 Å². The predicted octanol–water partition coefficient (Wildman–Crippen LogP) is 4.95. The average Bonchev–Trinajstić information content (AvgIpc) is 3.08. The second-order valence-corrected chi connectivity index (χ2v) is 8.04. The number of anilines is 1. The molecule has 0 fully saturated rings. The van der Waals surface area contributed by atoms with Gasteiger partial charge in [0.05, 0.1) is 12.7 Å². The lowest BCUT2D eigenvalue weighted by Gasteiger charge is -2.10. The second kappa shape index (κ2) is 8.37. The van der Waals surface area contributed by atoms with Gasteiger partial charge in [0, 0.05) is 27.2 Å². The molecule has 1 N–H and O–H groups in total. The van der Waals surface area contributed by atoms with Gasteiger partial charge in [-0.25, -0.2) is 9.78 Å². The number of aryl methyl sites for hydroxylation is 2. The van der Waals surface area contributed by atoms with Gasteiger partial charge in [0.15, 0.2) is 4.34 Å². The third-order valence-corrected chi connectivity index (χ3v) is 5.86. The Morgan fingerprint density at radius 2 is 1.78 bits per heavy atom. The third-order valence-electron chi connectivity index (χ3n) is 3.82. The number of amides is 1. The Morgan fingerprint density at radius 3 is 2.37 bits per heavy atom. The normalized spacial score (nSPS) is 10.5. The first kappa shape index (κ1) is 19.1. The Kier molecular flexibility index (Phi) is 5.93. The molecule has 0 unspecified atom stereocenters. The molecule has 3 aromatic rings. The Labute approximate surface area is 165 Å². The van der Waals surface area contributed by atoms with E-state index < -0.39 is 5.97 Å². The topological polar surface area (TPSA) is 68.3 Å². The number of nitrogens with zero attached hydrogens (tertiary/aromatic N) is 1. The first-order valence-corrected chi connectivity index (χ1v) is 9.86. The number of carbonyl (C=O) groups excluding carboxylic acids is 2. The molecule has 0 radical (unpaired) electrons. The number of esters is 1. The molecule has 3 rings (SSSR count). The number of carbonyl (C=O) groups is 2. The van der Waals surface area contributed by atoms with Crippen LogP contribution >= 0.6 is 23.1 Å². The summed E-state index contributed by atoms with van der Waals surface area (Å²) in [5.74, 6) is -0.660. The van der Waals surface area contributed by atoms with Crippen LogP contribution in [-0.2, 0) is 4.74 Å². The fourth-order valence-electron chi connectivity index (χ4n) is 2.39. The maximum absolute atomic E-state index is 12.5. The molecule has 0 aliphatic heterocycles. The van der Waals surface area contributed by atoms with Gasteiger partial charge < -0.3 is 10.1 Å². The highest BCUT2D eigenvalue weighted by molar-refractivity contribution is 8.01. The molecule has 0 bridgehead atoms. The largest absolute Gasteiger partial charge is 0.465 e. The lowest BCUT2D eigenvalue weighted by atomic mass is 10.1. The first-order valence-electron chi connectivity index (χ1n) is 8.16. The third kappa shape index (κ3) is 4.75. The molecule has 0 saturated heterocycles. The van der Waals surface area contributed by atoms with Crippen molar-refractivity contribution < 1.29 is 14.3 Å². The van der Waals surface area contributed by atoms with Crippen molar-refractivity contribution in [1.29, 1.82) is 0 Å². The molecule has 0 spiro atoms. The minimum Gasteiger partial charge on any atom is -0.465 e. The van der Waals surface area contributed by atoms with E-state index >= 15 is 0 Å². The summed E-state index contributed by atoms with van der Waals surface area (Å²) in [4.78, 5) is 29.4. The molecule has 0 atom stereocenters. The first-order chi connectivity index (χ1) is 13.0. The summed E-state index contributed by atoms with van der Waals surface area (Å²) in [5.41, 5.74) is 3.61. The number of benzene rings is 2. The highest BCUT2D eigenvalue weighted by Crippen LogP contribution is 2.32. The summed E-state index contributed by atoms with van der Waals surface area (Å²) >= 11 is 3.22. The van der Waals surface area contributed by atoms with E-state index in [2.05, 4.69) is 15.0 Å². The molecule has 27 heavy (non-hydrogen) atoms. The summed E-state index contributed by atoms with van der Waals surface area (Å²) in [6.45, 7) is 3.93. The smallest absolute Gasteiger partial charge is 0.337 e. The summed E-state index contributed by atoms with van der Waals surface area (Å²) in [6.07, 6.45) is 0. The molecule has 2 aromatic carbocycles. The van der Waals surface area contributed by atoms with Gasteiger partial charge in [-0.05, 0) is 61.9 Å². The molecule has 7 heteroatoms. The lowest BCUT2D eigenvalue weighted by Crippen LogP contribution is -2.13. The van der Waals surface area contributed by atoms with Crippen molar-refractivity contribution in [2.75, 3.05) is 12.4 Å². The van der Waals surface area contributed by atoms with Crippen LogP contribution < -0.4 is 5.32 Å². The molecule has 138 valence electrons. The van der Waals surface area contributed by atoms with E-state index in [9.17, 15) is 9.59 Å². The molecule has 1 aromatic heterocycles. The van der Waals surface area contributed by atoms with E-state index in [1.807, 2.05) is 37.4 Å². The Bertz CT molecular complexity index is 981. The van der Waals surface area contributed by atoms with Crippen molar-refractivity contribution in [3.63, 3.8) is 0 Å². The van der Waals surface area contributed by atoms with E-state index in [4.69, 9.17) is 0 Å². The highest BCUT2D eigenvalue weighted by atomic mass is 32.2. The summed E-state index contributed by atoms with van der Waals surface area (Å²) in [7, 11) is 1.32. The van der Waals surface area contributed by atoms with Gasteiger partial charge in [-0.1, -0.05) is 11.8 Å². The Morgan fingerprint density at radius 1 is 1.07 bits per heavy atom. The molecule has 1 heterocycles. The second-order valence-electron chi connectivity index (χ2n) is 5.86. The average molecular weight is 399 g/mol. The Balaban J connectivity index is 1.69. The summed E-state index contributed by atoms with van der Waals surface area (Å²) in [5, 5.41) is 4.93. The van der Waals surface area contributed by atoms with E-state index in [0.717, 1.165) is 26.2 Å². The van der Waals surface area contributed by atoms with Gasteiger partial charge in [-0.3, -0.25) is 4.79 Å². The van der Waals surface area contributed by atoms with Gasteiger partial charge in [-0.15, -0.1) is 11.3 Å². The maximum atomic E-state index is 12.5. The zero-order valence-electron chi connectivity index (χ0n) is 15.1. The zero-order valence-corrected chi connectivity index (χ0v) is 16.7. The summed E-state index contributed by atoms with van der Waals surface area (Å²) in [6, 6.07) is 12.2. The molecule has 0 aliphatic carbocycles. The fraction of sp³-hybridized carbons (Fsp3) is 0.150. The zero-order chi connectivity index (χ0) is 19.4. The van der Waals surface area contributed by atoms with Crippen LogP contribution in [0.1, 0.15) is 32.0 Å². The lowest BCUT2D eigenvalue weighted by molar-refractivity contribution is 0.0600. The number of hydrogen-bond donors (Lipinski definition) is 1. The van der Waals surface area contributed by atoms with Crippen molar-refractivity contribution in [2.24, 2.45) is 0 Å². The van der Waals surface area contributed by atoms with Crippen molar-refractivity contribution >= 4 is 40.7 Å². The number of aromatic nitrogens is 1. The van der Waals surface area contributed by atoms with Gasteiger partial charge >= 0.3 is 5.97 Å².